The van der Waals surface area contributed by atoms with Crippen molar-refractivity contribution in [3.05, 3.63) is 48.2 Å². The first kappa shape index (κ1) is 19.0. The smallest absolute Gasteiger partial charge is 0.330 e. The molecule has 1 aromatic carbocycles. The second-order valence-electron chi connectivity index (χ2n) is 7.13. The van der Waals surface area contributed by atoms with E-state index in [2.05, 4.69) is 4.98 Å². The molecule has 0 aliphatic carbocycles. The first-order valence-corrected chi connectivity index (χ1v) is 7.93. The molecule has 134 valence electrons. The molecule has 0 spiro atoms. The summed E-state index contributed by atoms with van der Waals surface area (Å²) in [7, 11) is 0. The third-order valence-corrected chi connectivity index (χ3v) is 3.42. The molecule has 0 atom stereocenters. The van der Waals surface area contributed by atoms with E-state index in [9.17, 15) is 18.0 Å². The lowest BCUT2D eigenvalue weighted by atomic mass is 9.96. The Hall–Kier alpha value is -2.37. The van der Waals surface area contributed by atoms with Gasteiger partial charge in [-0.05, 0) is 17.6 Å². The minimum absolute atomic E-state index is 0.0173. The molecule has 0 saturated heterocycles. The zero-order chi connectivity index (χ0) is 18.7. The van der Waals surface area contributed by atoms with Crippen LogP contribution in [0.25, 0.3) is 17.0 Å². The number of benzene rings is 1. The maximum Gasteiger partial charge on any atom is 0.406 e. The zero-order valence-electron chi connectivity index (χ0n) is 14.5. The monoisotopic (exact) mass is 350 g/mol. The summed E-state index contributed by atoms with van der Waals surface area (Å²) in [5, 5.41) is 0.902. The van der Waals surface area contributed by atoms with Crippen molar-refractivity contribution < 1.29 is 18.0 Å². The molecule has 2 aromatic rings. The van der Waals surface area contributed by atoms with Gasteiger partial charge in [0.25, 0.3) is 0 Å². The first-order chi connectivity index (χ1) is 11.6. The lowest BCUT2D eigenvalue weighted by Gasteiger charge is -2.29. The molecule has 25 heavy (non-hydrogen) atoms. The molecule has 0 aliphatic heterocycles. The summed E-state index contributed by atoms with van der Waals surface area (Å²) < 4.78 is 38.4. The lowest BCUT2D eigenvalue weighted by Crippen LogP contribution is -2.42. The summed E-state index contributed by atoms with van der Waals surface area (Å²) >= 11 is 0. The number of aromatic nitrogens is 1. The van der Waals surface area contributed by atoms with Gasteiger partial charge in [0.05, 0.1) is 5.52 Å². The van der Waals surface area contributed by atoms with Crippen molar-refractivity contribution in [1.29, 1.82) is 0 Å². The van der Waals surface area contributed by atoms with E-state index >= 15 is 0 Å². The molecule has 0 N–H and O–H groups in total. The van der Waals surface area contributed by atoms with E-state index in [1.165, 1.54) is 12.2 Å². The van der Waals surface area contributed by atoms with Crippen molar-refractivity contribution in [2.24, 2.45) is 5.41 Å². The van der Waals surface area contributed by atoms with Crippen LogP contribution in [0.1, 0.15) is 26.3 Å². The number of fused-ring (bicyclic) bond motifs is 1. The summed E-state index contributed by atoms with van der Waals surface area (Å²) in [5.74, 6) is -0.666. The molecule has 0 radical (unpaired) electrons. The predicted molar refractivity (Wildman–Crippen MR) is 92.9 cm³/mol. The lowest BCUT2D eigenvalue weighted by molar-refractivity contribution is -0.160. The predicted octanol–water partition coefficient (Wildman–Crippen LogP) is 4.69. The van der Waals surface area contributed by atoms with E-state index in [1.807, 2.05) is 18.2 Å². The van der Waals surface area contributed by atoms with Gasteiger partial charge in [-0.25, -0.2) is 0 Å². The van der Waals surface area contributed by atoms with Gasteiger partial charge in [-0.15, -0.1) is 0 Å². The van der Waals surface area contributed by atoms with E-state index in [-0.39, 0.29) is 6.54 Å². The van der Waals surface area contributed by atoms with Gasteiger partial charge in [-0.1, -0.05) is 45.0 Å². The molecule has 0 fully saturated rings. The molecule has 3 nitrogen and oxygen atoms in total. The Bertz CT molecular complexity index is 755. The highest BCUT2D eigenvalue weighted by Crippen LogP contribution is 2.22. The highest BCUT2D eigenvalue weighted by molar-refractivity contribution is 5.95. The zero-order valence-corrected chi connectivity index (χ0v) is 14.5. The summed E-state index contributed by atoms with van der Waals surface area (Å²) in [6, 6.07) is 9.16. The summed E-state index contributed by atoms with van der Waals surface area (Å²) in [5.41, 5.74) is 0.955. The van der Waals surface area contributed by atoms with Crippen LogP contribution in [0.3, 0.4) is 0 Å². The quantitative estimate of drug-likeness (QED) is 0.750. The molecule has 0 saturated carbocycles. The van der Waals surface area contributed by atoms with Crippen LogP contribution in [0.4, 0.5) is 13.2 Å². The molecule has 1 amide bonds. The third kappa shape index (κ3) is 5.89. The third-order valence-electron chi connectivity index (χ3n) is 3.42. The van der Waals surface area contributed by atoms with Gasteiger partial charge in [0.15, 0.2) is 0 Å². The van der Waals surface area contributed by atoms with E-state index in [4.69, 9.17) is 0 Å². The molecule has 0 unspecified atom stereocenters. The van der Waals surface area contributed by atoms with Crippen molar-refractivity contribution >= 4 is 22.9 Å². The number of hydrogen-bond donors (Lipinski definition) is 0. The number of para-hydroxylation sites is 1. The number of rotatable bonds is 4. The second kappa shape index (κ2) is 7.25. The Labute approximate surface area is 145 Å². The number of amides is 1. The molecule has 2 rings (SSSR count). The molecule has 0 aliphatic rings. The number of halogens is 3. The van der Waals surface area contributed by atoms with Crippen molar-refractivity contribution in [2.75, 3.05) is 13.1 Å². The Morgan fingerprint density at radius 2 is 1.80 bits per heavy atom. The van der Waals surface area contributed by atoms with Crippen LogP contribution in [0, 0.1) is 5.41 Å². The van der Waals surface area contributed by atoms with Crippen LogP contribution >= 0.6 is 0 Å². The average Bonchev–Trinajstić information content (AvgIpc) is 2.49. The Morgan fingerprint density at radius 3 is 2.44 bits per heavy atom. The first-order valence-electron chi connectivity index (χ1n) is 7.93. The highest BCUT2D eigenvalue weighted by Gasteiger charge is 2.34. The van der Waals surface area contributed by atoms with Crippen LogP contribution in [-0.2, 0) is 4.79 Å². The molecule has 1 aromatic heterocycles. The van der Waals surface area contributed by atoms with Crippen LogP contribution < -0.4 is 0 Å². The fourth-order valence-corrected chi connectivity index (χ4v) is 2.53. The van der Waals surface area contributed by atoms with Crippen LogP contribution in [0.5, 0.6) is 0 Å². The van der Waals surface area contributed by atoms with Crippen molar-refractivity contribution in [2.45, 2.75) is 26.9 Å². The number of alkyl halides is 3. The second-order valence-corrected chi connectivity index (χ2v) is 7.13. The highest BCUT2D eigenvalue weighted by atomic mass is 19.4. The van der Waals surface area contributed by atoms with Gasteiger partial charge in [-0.3, -0.25) is 9.78 Å². The topological polar surface area (TPSA) is 33.2 Å². The van der Waals surface area contributed by atoms with Crippen LogP contribution in [-0.4, -0.2) is 35.1 Å². The average molecular weight is 350 g/mol. The van der Waals surface area contributed by atoms with Crippen molar-refractivity contribution in [3.63, 3.8) is 0 Å². The number of carbonyl (C=O) groups excluding carboxylic acids is 1. The summed E-state index contributed by atoms with van der Waals surface area (Å²) in [6.07, 6.45) is -0.0998. The summed E-state index contributed by atoms with van der Waals surface area (Å²) in [6.45, 7) is 4.14. The number of pyridine rings is 1. The Morgan fingerprint density at radius 1 is 1.12 bits per heavy atom. The van der Waals surface area contributed by atoms with Crippen molar-refractivity contribution in [1.82, 2.24) is 9.88 Å². The molecular formula is C19H21F3N2O. The van der Waals surface area contributed by atoms with Crippen LogP contribution in [0.15, 0.2) is 42.6 Å². The fourth-order valence-electron chi connectivity index (χ4n) is 2.53. The maximum absolute atomic E-state index is 12.8. The van der Waals surface area contributed by atoms with Gasteiger partial charge in [0, 0.05) is 29.8 Å². The van der Waals surface area contributed by atoms with Crippen LogP contribution in [0.2, 0.25) is 0 Å². The normalized spacial score (nSPS) is 12.7. The standard InChI is InChI=1S/C19H21F3N2O/c1-18(2,3)12-24(13-19(20,21)22)16(25)10-9-15-7-4-6-14-8-5-11-23-17(14)15/h4-11H,12-13H2,1-3H3/b10-9+. The van der Waals surface area contributed by atoms with E-state index in [1.54, 1.807) is 39.1 Å². The molecular weight excluding hydrogens is 329 g/mol. The summed E-state index contributed by atoms with van der Waals surface area (Å²) in [4.78, 5) is 17.4. The van der Waals surface area contributed by atoms with E-state index in [0.717, 1.165) is 10.3 Å². The number of nitrogens with zero attached hydrogens (tertiary/aromatic N) is 2. The van der Waals surface area contributed by atoms with Gasteiger partial charge in [-0.2, -0.15) is 13.2 Å². The Balaban J connectivity index is 2.25. The SMILES string of the molecule is CC(C)(C)CN(CC(F)(F)F)C(=O)/C=C/c1cccc2cccnc12. The fraction of sp³-hybridized carbons (Fsp3) is 0.368. The molecule has 0 bridgehead atoms. The Kier molecular flexibility index (Phi) is 5.50. The number of carbonyl (C=O) groups is 1. The van der Waals surface area contributed by atoms with Gasteiger partial charge < -0.3 is 4.90 Å². The van der Waals surface area contributed by atoms with Gasteiger partial charge in [0.2, 0.25) is 5.91 Å². The minimum atomic E-state index is -4.43. The molecule has 1 heterocycles. The van der Waals surface area contributed by atoms with Gasteiger partial charge >= 0.3 is 6.18 Å². The number of hydrogen-bond acceptors (Lipinski definition) is 2. The largest absolute Gasteiger partial charge is 0.406 e. The minimum Gasteiger partial charge on any atom is -0.330 e. The van der Waals surface area contributed by atoms with E-state index < -0.39 is 24.0 Å². The van der Waals surface area contributed by atoms with Crippen molar-refractivity contribution in [3.8, 4) is 0 Å². The van der Waals surface area contributed by atoms with E-state index in [0.29, 0.717) is 11.1 Å². The van der Waals surface area contributed by atoms with Gasteiger partial charge in [0.1, 0.15) is 6.54 Å². The molecule has 6 heteroatoms. The maximum atomic E-state index is 12.8.